The lowest BCUT2D eigenvalue weighted by Gasteiger charge is -2.27. The molecular formula is C55H37N3O. The Morgan fingerprint density at radius 1 is 0.475 bits per heavy atom. The van der Waals surface area contributed by atoms with Crippen molar-refractivity contribution in [1.29, 1.82) is 0 Å². The summed E-state index contributed by atoms with van der Waals surface area (Å²) in [6.07, 6.45) is 6.59. The third-order valence-electron chi connectivity index (χ3n) is 12.1. The fourth-order valence-electron chi connectivity index (χ4n) is 9.39. The maximum Gasteiger partial charge on any atom is 0.149 e. The number of para-hydroxylation sites is 3. The van der Waals surface area contributed by atoms with Crippen LogP contribution in [0.5, 0.6) is 5.75 Å². The molecule has 2 aliphatic rings. The van der Waals surface area contributed by atoms with E-state index in [-0.39, 0.29) is 12.1 Å². The Balaban J connectivity index is 0.945. The lowest BCUT2D eigenvalue weighted by molar-refractivity contribution is 0.232. The van der Waals surface area contributed by atoms with Gasteiger partial charge in [0.25, 0.3) is 0 Å². The first-order valence-electron chi connectivity index (χ1n) is 20.3. The molecule has 1 aliphatic carbocycles. The zero-order valence-electron chi connectivity index (χ0n) is 32.1. The number of nitrogens with zero attached hydrogens (tertiary/aromatic N) is 3. The number of ether oxygens (including phenoxy) is 1. The summed E-state index contributed by atoms with van der Waals surface area (Å²) in [5, 5.41) is 2.47. The third-order valence-corrected chi connectivity index (χ3v) is 12.1. The largest absolute Gasteiger partial charge is 0.483 e. The molecule has 278 valence electrons. The standard InChI is InChI=1S/C55H37N3O/c1-4-14-36(15-5-1)40-30-32-48-45(34-40)46-35-41(37-16-6-2-7-17-37)31-33-49(46)58(48)51-24-12-21-44-53-43(20-13-25-52(53)59-54(44)51)38-26-28-39(29-27-38)55-56-47-22-10-11-23-50(47)57(55)42-18-8-3-9-19-42/h1-35,51,54H. The van der Waals surface area contributed by atoms with Gasteiger partial charge >= 0.3 is 0 Å². The highest BCUT2D eigenvalue weighted by molar-refractivity contribution is 6.11. The van der Waals surface area contributed by atoms with Crippen LogP contribution < -0.4 is 4.74 Å². The zero-order valence-corrected chi connectivity index (χ0v) is 32.1. The molecule has 0 radical (unpaired) electrons. The summed E-state index contributed by atoms with van der Waals surface area (Å²) < 4.78 is 11.8. The number of aromatic nitrogens is 3. The predicted octanol–water partition coefficient (Wildman–Crippen LogP) is 13.8. The molecule has 3 heterocycles. The van der Waals surface area contributed by atoms with Crippen molar-refractivity contribution in [3.8, 4) is 56.2 Å². The molecule has 12 rings (SSSR count). The monoisotopic (exact) mass is 755 g/mol. The van der Waals surface area contributed by atoms with Gasteiger partial charge in [0.15, 0.2) is 0 Å². The molecule has 59 heavy (non-hydrogen) atoms. The van der Waals surface area contributed by atoms with Crippen LogP contribution in [0.3, 0.4) is 0 Å². The molecule has 0 bridgehead atoms. The Hall–Kier alpha value is -7.69. The summed E-state index contributed by atoms with van der Waals surface area (Å²) in [5.41, 5.74) is 16.1. The predicted molar refractivity (Wildman–Crippen MR) is 243 cm³/mol. The summed E-state index contributed by atoms with van der Waals surface area (Å²) in [5.74, 6) is 1.84. The minimum atomic E-state index is -0.192. The van der Waals surface area contributed by atoms with Crippen molar-refractivity contribution in [2.45, 2.75) is 12.1 Å². The van der Waals surface area contributed by atoms with Crippen LogP contribution >= 0.6 is 0 Å². The summed E-state index contributed by atoms with van der Waals surface area (Å²) in [4.78, 5) is 5.11. The average Bonchev–Trinajstić information content (AvgIpc) is 4.00. The smallest absolute Gasteiger partial charge is 0.149 e. The van der Waals surface area contributed by atoms with Crippen molar-refractivity contribution >= 4 is 38.4 Å². The van der Waals surface area contributed by atoms with Crippen molar-refractivity contribution < 1.29 is 4.74 Å². The van der Waals surface area contributed by atoms with Gasteiger partial charge < -0.3 is 9.30 Å². The van der Waals surface area contributed by atoms with E-state index < -0.39 is 0 Å². The molecule has 4 heteroatoms. The van der Waals surface area contributed by atoms with Crippen LogP contribution in [0.15, 0.2) is 212 Å². The van der Waals surface area contributed by atoms with Gasteiger partial charge in [0.05, 0.1) is 17.1 Å². The highest BCUT2D eigenvalue weighted by Gasteiger charge is 2.39. The fourth-order valence-corrected chi connectivity index (χ4v) is 9.39. The van der Waals surface area contributed by atoms with Crippen molar-refractivity contribution in [1.82, 2.24) is 14.1 Å². The summed E-state index contributed by atoms with van der Waals surface area (Å²) in [6, 6.07) is 69.3. The van der Waals surface area contributed by atoms with E-state index in [0.717, 1.165) is 50.5 Å². The van der Waals surface area contributed by atoms with Gasteiger partial charge in [-0.1, -0.05) is 158 Å². The summed E-state index contributed by atoms with van der Waals surface area (Å²) >= 11 is 0. The molecule has 8 aromatic carbocycles. The lowest BCUT2D eigenvalue weighted by atomic mass is 9.88. The highest BCUT2D eigenvalue weighted by atomic mass is 16.5. The van der Waals surface area contributed by atoms with E-state index in [1.54, 1.807) is 0 Å². The van der Waals surface area contributed by atoms with Crippen LogP contribution in [0.1, 0.15) is 11.6 Å². The van der Waals surface area contributed by atoms with Gasteiger partial charge in [-0.15, -0.1) is 0 Å². The minimum Gasteiger partial charge on any atom is -0.483 e. The number of hydrogen-bond acceptors (Lipinski definition) is 2. The van der Waals surface area contributed by atoms with E-state index in [0.29, 0.717) is 0 Å². The van der Waals surface area contributed by atoms with E-state index in [1.807, 2.05) is 6.07 Å². The van der Waals surface area contributed by atoms with E-state index >= 15 is 0 Å². The molecule has 2 atom stereocenters. The van der Waals surface area contributed by atoms with Crippen LogP contribution in [-0.2, 0) is 0 Å². The molecule has 10 aromatic rings. The van der Waals surface area contributed by atoms with Gasteiger partial charge in [-0.2, -0.15) is 0 Å². The van der Waals surface area contributed by atoms with Crippen LogP contribution in [0, 0.1) is 0 Å². The molecule has 2 aromatic heterocycles. The SMILES string of the molecule is C1=CC(n2c3ccc(-c4ccccc4)cc3c3cc(-c4ccccc4)ccc32)C2Oc3cccc(-c4ccc(-c5nc6ccccc6n5-c5ccccc5)cc4)c3C2=C1. The second kappa shape index (κ2) is 13.5. The molecule has 0 saturated carbocycles. The molecule has 0 N–H and O–H groups in total. The highest BCUT2D eigenvalue weighted by Crippen LogP contribution is 2.50. The molecule has 0 saturated heterocycles. The van der Waals surface area contributed by atoms with E-state index in [9.17, 15) is 0 Å². The first-order valence-corrected chi connectivity index (χ1v) is 20.3. The van der Waals surface area contributed by atoms with Crippen molar-refractivity contribution in [2.24, 2.45) is 0 Å². The maximum atomic E-state index is 7.03. The first-order chi connectivity index (χ1) is 29.3. The van der Waals surface area contributed by atoms with Crippen LogP contribution in [0.2, 0.25) is 0 Å². The van der Waals surface area contributed by atoms with E-state index in [4.69, 9.17) is 9.72 Å². The number of rotatable bonds is 6. The average molecular weight is 756 g/mol. The molecule has 0 amide bonds. The number of hydrogen-bond donors (Lipinski definition) is 0. The van der Waals surface area contributed by atoms with Gasteiger partial charge in [-0.25, -0.2) is 4.98 Å². The number of allylic oxidation sites excluding steroid dienone is 2. The minimum absolute atomic E-state index is 0.0613. The summed E-state index contributed by atoms with van der Waals surface area (Å²) in [6.45, 7) is 0. The molecule has 1 aliphatic heterocycles. The Kier molecular flexibility index (Phi) is 7.63. The van der Waals surface area contributed by atoms with Crippen LogP contribution in [0.25, 0.3) is 88.9 Å². The third kappa shape index (κ3) is 5.41. The molecule has 0 fully saturated rings. The van der Waals surface area contributed by atoms with Crippen LogP contribution in [0.4, 0.5) is 0 Å². The van der Waals surface area contributed by atoms with Gasteiger partial charge in [-0.05, 0) is 88.0 Å². The van der Waals surface area contributed by atoms with Gasteiger partial charge in [-0.3, -0.25) is 4.57 Å². The van der Waals surface area contributed by atoms with Gasteiger partial charge in [0, 0.05) is 44.2 Å². The maximum absolute atomic E-state index is 7.03. The lowest BCUT2D eigenvalue weighted by Crippen LogP contribution is -2.27. The normalized spacial score (nSPS) is 15.6. The van der Waals surface area contributed by atoms with E-state index in [1.165, 1.54) is 49.6 Å². The molecule has 0 spiro atoms. The van der Waals surface area contributed by atoms with Gasteiger partial charge in [0.2, 0.25) is 0 Å². The fraction of sp³-hybridized carbons (Fsp3) is 0.0364. The number of benzene rings is 8. The Morgan fingerprint density at radius 2 is 1.07 bits per heavy atom. The summed E-state index contributed by atoms with van der Waals surface area (Å²) in [7, 11) is 0. The second-order valence-corrected chi connectivity index (χ2v) is 15.5. The molecule has 2 unspecified atom stereocenters. The quantitative estimate of drug-likeness (QED) is 0.169. The topological polar surface area (TPSA) is 32.0 Å². The zero-order chi connectivity index (χ0) is 38.9. The van der Waals surface area contributed by atoms with Crippen molar-refractivity contribution in [3.63, 3.8) is 0 Å². The second-order valence-electron chi connectivity index (χ2n) is 15.5. The Morgan fingerprint density at radius 3 is 1.75 bits per heavy atom. The molecule has 4 nitrogen and oxygen atoms in total. The van der Waals surface area contributed by atoms with Gasteiger partial charge in [0.1, 0.15) is 17.7 Å². The first kappa shape index (κ1) is 33.4. The number of imidazole rings is 1. The van der Waals surface area contributed by atoms with Crippen molar-refractivity contribution in [2.75, 3.05) is 0 Å². The molecular weight excluding hydrogens is 719 g/mol. The Bertz CT molecular complexity index is 3190. The van der Waals surface area contributed by atoms with Crippen molar-refractivity contribution in [3.05, 3.63) is 218 Å². The van der Waals surface area contributed by atoms with E-state index in [2.05, 4.69) is 215 Å². The Labute approximate surface area is 342 Å². The van der Waals surface area contributed by atoms with Crippen LogP contribution in [-0.4, -0.2) is 20.2 Å². The number of fused-ring (bicyclic) bond motifs is 7.